The number of primary amides is 1. The van der Waals surface area contributed by atoms with Crippen molar-refractivity contribution in [2.24, 2.45) is 5.73 Å². The maximum absolute atomic E-state index is 12.5. The highest BCUT2D eigenvalue weighted by Crippen LogP contribution is 2.23. The Hall–Kier alpha value is -2.85. The molecule has 0 unspecified atom stereocenters. The third kappa shape index (κ3) is 8.49. The third-order valence-electron chi connectivity index (χ3n) is 5.03. The van der Waals surface area contributed by atoms with Gasteiger partial charge in [-0.1, -0.05) is 0 Å². The minimum Gasteiger partial charge on any atom is -0.481 e. The fourth-order valence-electron chi connectivity index (χ4n) is 3.18. The largest absolute Gasteiger partial charge is 0.481 e. The highest BCUT2D eigenvalue weighted by atomic mass is 16.6. The standard InChI is InChI=1S/C19H32N4O11/c1-7(17(30)23-10(16(20)29)4-5-12(26)27)21-18(31)8(2)33-15-13(22-9(3)25)19(32)34-11(6-24)14(15)28/h7-8,10-11,13-15,19,24,28,32H,4-6H2,1-3H3,(H2,20,29)(H,21,31)(H,22,25)(H,23,30)(H,26,27)/t7-,8-,10-,11-,13+,14+,15-,19-/m1/s1. The van der Waals surface area contributed by atoms with E-state index in [2.05, 4.69) is 16.0 Å². The Kier molecular flexibility index (Phi) is 11.3. The molecule has 0 aromatic carbocycles. The Labute approximate surface area is 195 Å². The number of carboxylic acid groups (broad SMARTS) is 1. The third-order valence-corrected chi connectivity index (χ3v) is 5.03. The molecule has 0 saturated carbocycles. The minimum atomic E-state index is -1.65. The van der Waals surface area contributed by atoms with Gasteiger partial charge in [0.1, 0.15) is 42.5 Å². The van der Waals surface area contributed by atoms with Gasteiger partial charge in [-0.2, -0.15) is 0 Å². The van der Waals surface area contributed by atoms with Gasteiger partial charge in [-0.25, -0.2) is 0 Å². The minimum absolute atomic E-state index is 0.239. The summed E-state index contributed by atoms with van der Waals surface area (Å²) in [6.45, 7) is 3.06. The number of carbonyl (C=O) groups excluding carboxylic acids is 4. The molecule has 34 heavy (non-hydrogen) atoms. The van der Waals surface area contributed by atoms with Crippen LogP contribution in [0.3, 0.4) is 0 Å². The van der Waals surface area contributed by atoms with Gasteiger partial charge in [-0.05, 0) is 20.3 Å². The van der Waals surface area contributed by atoms with Crippen LogP contribution < -0.4 is 21.7 Å². The second kappa shape index (κ2) is 13.1. The van der Waals surface area contributed by atoms with Crippen LogP contribution in [-0.4, -0.2) is 105 Å². The Bertz CT molecular complexity index is 765. The molecule has 0 spiro atoms. The molecule has 15 nitrogen and oxygen atoms in total. The average Bonchev–Trinajstić information content (AvgIpc) is 2.74. The van der Waals surface area contributed by atoms with Gasteiger partial charge in [0, 0.05) is 13.3 Å². The maximum atomic E-state index is 12.5. The fourth-order valence-corrected chi connectivity index (χ4v) is 3.18. The molecule has 1 aliphatic heterocycles. The fraction of sp³-hybridized carbons (Fsp3) is 0.737. The first-order valence-electron chi connectivity index (χ1n) is 10.4. The van der Waals surface area contributed by atoms with Crippen LogP contribution in [0.25, 0.3) is 0 Å². The van der Waals surface area contributed by atoms with E-state index < -0.39 is 91.5 Å². The van der Waals surface area contributed by atoms with E-state index in [1.165, 1.54) is 13.8 Å². The van der Waals surface area contributed by atoms with Crippen molar-refractivity contribution in [1.82, 2.24) is 16.0 Å². The molecule has 1 rings (SSSR count). The predicted octanol–water partition coefficient (Wildman–Crippen LogP) is -4.33. The molecule has 4 amide bonds. The maximum Gasteiger partial charge on any atom is 0.303 e. The molecular weight excluding hydrogens is 460 g/mol. The topological polar surface area (TPSA) is 247 Å². The molecule has 15 heteroatoms. The first-order chi connectivity index (χ1) is 15.8. The molecule has 0 radical (unpaired) electrons. The Balaban J connectivity index is 2.80. The molecule has 1 saturated heterocycles. The van der Waals surface area contributed by atoms with E-state index >= 15 is 0 Å². The lowest BCUT2D eigenvalue weighted by molar-refractivity contribution is -0.266. The molecule has 0 aromatic heterocycles. The summed E-state index contributed by atoms with van der Waals surface area (Å²) < 4.78 is 10.6. The number of ether oxygens (including phenoxy) is 2. The van der Waals surface area contributed by atoms with E-state index in [1.54, 1.807) is 0 Å². The summed E-state index contributed by atoms with van der Waals surface area (Å²) in [4.78, 5) is 58.4. The Morgan fingerprint density at radius 3 is 2.21 bits per heavy atom. The van der Waals surface area contributed by atoms with E-state index in [0.717, 1.165) is 6.92 Å². The predicted molar refractivity (Wildman–Crippen MR) is 112 cm³/mol. The zero-order chi connectivity index (χ0) is 26.2. The molecule has 1 heterocycles. The van der Waals surface area contributed by atoms with Crippen LogP contribution in [0.4, 0.5) is 0 Å². The van der Waals surface area contributed by atoms with Crippen LogP contribution in [0.2, 0.25) is 0 Å². The molecular formula is C19H32N4O11. The zero-order valence-corrected chi connectivity index (χ0v) is 19.0. The van der Waals surface area contributed by atoms with E-state index in [-0.39, 0.29) is 6.42 Å². The average molecular weight is 492 g/mol. The van der Waals surface area contributed by atoms with Gasteiger partial charge in [-0.15, -0.1) is 0 Å². The van der Waals surface area contributed by atoms with Crippen molar-refractivity contribution >= 4 is 29.6 Å². The van der Waals surface area contributed by atoms with Gasteiger partial charge >= 0.3 is 5.97 Å². The molecule has 9 N–H and O–H groups in total. The quantitative estimate of drug-likeness (QED) is 0.129. The van der Waals surface area contributed by atoms with Crippen LogP contribution in [0.15, 0.2) is 0 Å². The van der Waals surface area contributed by atoms with Crippen LogP contribution in [-0.2, 0) is 33.4 Å². The number of carboxylic acids is 1. The number of nitrogens with one attached hydrogen (secondary N) is 3. The van der Waals surface area contributed by atoms with Crippen molar-refractivity contribution in [3.05, 3.63) is 0 Å². The molecule has 0 aliphatic carbocycles. The van der Waals surface area contributed by atoms with E-state index in [9.17, 15) is 39.3 Å². The molecule has 1 fully saturated rings. The number of aliphatic hydroxyl groups excluding tert-OH is 3. The van der Waals surface area contributed by atoms with E-state index in [1.807, 2.05) is 0 Å². The second-order valence-electron chi connectivity index (χ2n) is 7.83. The second-order valence-corrected chi connectivity index (χ2v) is 7.83. The van der Waals surface area contributed by atoms with Crippen LogP contribution >= 0.6 is 0 Å². The van der Waals surface area contributed by atoms with Gasteiger partial charge in [0.2, 0.25) is 23.6 Å². The summed E-state index contributed by atoms with van der Waals surface area (Å²) in [6.07, 6.45) is -7.74. The van der Waals surface area contributed by atoms with Crippen molar-refractivity contribution in [3.63, 3.8) is 0 Å². The van der Waals surface area contributed by atoms with Crippen molar-refractivity contribution < 1.29 is 53.9 Å². The van der Waals surface area contributed by atoms with E-state index in [0.29, 0.717) is 0 Å². The number of hydrogen-bond donors (Lipinski definition) is 8. The number of nitrogens with two attached hydrogens (primary N) is 1. The SMILES string of the molecule is CC(=O)N[C@H]1[C@@H](O[C@H](C)C(=O)N[C@H](C)C(=O)N[C@H](CCC(=O)O)C(N)=O)[C@@H](O)[C@@H](CO)O[C@H]1O. The smallest absolute Gasteiger partial charge is 0.303 e. The Morgan fingerprint density at radius 1 is 1.09 bits per heavy atom. The highest BCUT2D eigenvalue weighted by molar-refractivity contribution is 5.92. The zero-order valence-electron chi connectivity index (χ0n) is 19.0. The summed E-state index contributed by atoms with van der Waals surface area (Å²) in [6, 6.07) is -3.71. The number of aliphatic carboxylic acids is 1. The van der Waals surface area contributed by atoms with Crippen LogP contribution in [0, 0.1) is 0 Å². The number of carbonyl (C=O) groups is 5. The van der Waals surface area contributed by atoms with Crippen molar-refractivity contribution in [3.8, 4) is 0 Å². The molecule has 0 aromatic rings. The molecule has 8 atom stereocenters. The van der Waals surface area contributed by atoms with Gasteiger partial charge < -0.3 is 51.6 Å². The van der Waals surface area contributed by atoms with Gasteiger partial charge in [0.15, 0.2) is 6.29 Å². The van der Waals surface area contributed by atoms with E-state index in [4.69, 9.17) is 20.3 Å². The number of rotatable bonds is 12. The number of aliphatic hydroxyl groups is 3. The summed E-state index contributed by atoms with van der Waals surface area (Å²) in [7, 11) is 0. The molecule has 0 bridgehead atoms. The summed E-state index contributed by atoms with van der Waals surface area (Å²) in [5.74, 6) is -4.34. The van der Waals surface area contributed by atoms with Gasteiger partial charge in [0.25, 0.3) is 0 Å². The molecule has 194 valence electrons. The molecule has 1 aliphatic rings. The highest BCUT2D eigenvalue weighted by Gasteiger charge is 2.47. The van der Waals surface area contributed by atoms with Crippen molar-refractivity contribution in [2.75, 3.05) is 6.61 Å². The lowest BCUT2D eigenvalue weighted by Gasteiger charge is -2.43. The normalized spacial score (nSPS) is 27.1. The first kappa shape index (κ1) is 29.2. The lowest BCUT2D eigenvalue weighted by Crippen LogP contribution is -2.65. The van der Waals surface area contributed by atoms with Crippen molar-refractivity contribution in [2.45, 2.75) is 82.4 Å². The summed E-state index contributed by atoms with van der Waals surface area (Å²) in [5, 5.41) is 45.5. The first-order valence-corrected chi connectivity index (χ1v) is 10.4. The summed E-state index contributed by atoms with van der Waals surface area (Å²) >= 11 is 0. The van der Waals surface area contributed by atoms with Gasteiger partial charge in [-0.3, -0.25) is 24.0 Å². The van der Waals surface area contributed by atoms with Crippen LogP contribution in [0.5, 0.6) is 0 Å². The summed E-state index contributed by atoms with van der Waals surface area (Å²) in [5.41, 5.74) is 5.16. The number of hydrogen-bond acceptors (Lipinski definition) is 10. The van der Waals surface area contributed by atoms with Crippen LogP contribution in [0.1, 0.15) is 33.6 Å². The van der Waals surface area contributed by atoms with Gasteiger partial charge in [0.05, 0.1) is 6.61 Å². The monoisotopic (exact) mass is 492 g/mol. The lowest BCUT2D eigenvalue weighted by atomic mass is 9.96. The number of amides is 4. The Morgan fingerprint density at radius 2 is 1.71 bits per heavy atom. The van der Waals surface area contributed by atoms with Crippen molar-refractivity contribution in [1.29, 1.82) is 0 Å².